The zero-order valence-electron chi connectivity index (χ0n) is 11.4. The van der Waals surface area contributed by atoms with E-state index in [1.807, 2.05) is 0 Å². The van der Waals surface area contributed by atoms with Gasteiger partial charge in [0.05, 0.1) is 0 Å². The van der Waals surface area contributed by atoms with E-state index in [4.69, 9.17) is 5.84 Å². The smallest absolute Gasteiger partial charge is 0.251 e. The molecule has 19 heavy (non-hydrogen) atoms. The first kappa shape index (κ1) is 13.8. The molecular weight excluding hydrogens is 240 g/mol. The molecule has 0 saturated heterocycles. The maximum absolute atomic E-state index is 12.2. The van der Waals surface area contributed by atoms with E-state index in [1.165, 1.54) is 19.3 Å². The SMILES string of the molecule is CCC1CCCCC1NC(=O)c1ccnc(NN)c1. The highest BCUT2D eigenvalue weighted by Crippen LogP contribution is 2.27. The standard InChI is InChI=1S/C14H22N4O/c1-2-10-5-3-4-6-12(10)17-14(19)11-7-8-16-13(9-11)18-15/h7-10,12H,2-6,15H2,1H3,(H,16,18)(H,17,19). The molecule has 2 rings (SSSR count). The van der Waals surface area contributed by atoms with Gasteiger partial charge in [-0.2, -0.15) is 0 Å². The molecule has 0 spiro atoms. The van der Waals surface area contributed by atoms with Gasteiger partial charge in [0.1, 0.15) is 5.82 Å². The van der Waals surface area contributed by atoms with Gasteiger partial charge >= 0.3 is 0 Å². The van der Waals surface area contributed by atoms with Crippen molar-refractivity contribution in [2.45, 2.75) is 45.1 Å². The number of hydrogen-bond donors (Lipinski definition) is 3. The number of pyridine rings is 1. The van der Waals surface area contributed by atoms with E-state index in [1.54, 1.807) is 18.3 Å². The van der Waals surface area contributed by atoms with Crippen LogP contribution in [0.5, 0.6) is 0 Å². The van der Waals surface area contributed by atoms with Crippen LogP contribution in [0.15, 0.2) is 18.3 Å². The number of aromatic nitrogens is 1. The molecule has 5 nitrogen and oxygen atoms in total. The predicted octanol–water partition coefficient (Wildman–Crippen LogP) is 2.07. The van der Waals surface area contributed by atoms with Crippen molar-refractivity contribution < 1.29 is 4.79 Å². The fourth-order valence-electron chi connectivity index (χ4n) is 2.79. The van der Waals surface area contributed by atoms with Gasteiger partial charge in [0.2, 0.25) is 0 Å². The van der Waals surface area contributed by atoms with Crippen LogP contribution in [0.25, 0.3) is 0 Å². The Hall–Kier alpha value is -1.62. The van der Waals surface area contributed by atoms with Gasteiger partial charge < -0.3 is 10.7 Å². The van der Waals surface area contributed by atoms with Crippen molar-refractivity contribution in [2.75, 3.05) is 5.43 Å². The zero-order valence-corrected chi connectivity index (χ0v) is 11.4. The fraction of sp³-hybridized carbons (Fsp3) is 0.571. The summed E-state index contributed by atoms with van der Waals surface area (Å²) in [5, 5.41) is 3.15. The van der Waals surface area contributed by atoms with E-state index in [-0.39, 0.29) is 5.91 Å². The normalized spacial score (nSPS) is 22.8. The summed E-state index contributed by atoms with van der Waals surface area (Å²) in [5.41, 5.74) is 3.06. The number of amides is 1. The van der Waals surface area contributed by atoms with Gasteiger partial charge in [-0.25, -0.2) is 10.8 Å². The third-order valence-corrected chi connectivity index (χ3v) is 3.92. The van der Waals surface area contributed by atoms with Crippen molar-refractivity contribution in [3.63, 3.8) is 0 Å². The van der Waals surface area contributed by atoms with Gasteiger partial charge in [-0.15, -0.1) is 0 Å². The van der Waals surface area contributed by atoms with Crippen LogP contribution in [0.2, 0.25) is 0 Å². The lowest BCUT2D eigenvalue weighted by Gasteiger charge is -2.31. The molecular formula is C14H22N4O. The number of nitrogens with zero attached hydrogens (tertiary/aromatic N) is 1. The fourth-order valence-corrected chi connectivity index (χ4v) is 2.79. The number of nitrogens with two attached hydrogens (primary N) is 1. The Bertz CT molecular complexity index is 435. The molecule has 1 fully saturated rings. The highest BCUT2D eigenvalue weighted by Gasteiger charge is 2.25. The number of hydrogen-bond acceptors (Lipinski definition) is 4. The van der Waals surface area contributed by atoms with Crippen molar-refractivity contribution >= 4 is 11.7 Å². The Morgan fingerprint density at radius 2 is 2.26 bits per heavy atom. The Kier molecular flexibility index (Phi) is 4.74. The highest BCUT2D eigenvalue weighted by atomic mass is 16.1. The summed E-state index contributed by atoms with van der Waals surface area (Å²) in [6.45, 7) is 2.19. The molecule has 1 heterocycles. The second-order valence-electron chi connectivity index (χ2n) is 5.11. The molecule has 1 amide bonds. The first-order chi connectivity index (χ1) is 9.24. The van der Waals surface area contributed by atoms with Crippen LogP contribution in [0, 0.1) is 5.92 Å². The third-order valence-electron chi connectivity index (χ3n) is 3.92. The van der Waals surface area contributed by atoms with Crippen LogP contribution in [0.3, 0.4) is 0 Å². The lowest BCUT2D eigenvalue weighted by molar-refractivity contribution is 0.0904. The molecule has 0 aliphatic heterocycles. The molecule has 1 saturated carbocycles. The lowest BCUT2D eigenvalue weighted by atomic mass is 9.83. The van der Waals surface area contributed by atoms with Crippen molar-refractivity contribution in [3.05, 3.63) is 23.9 Å². The molecule has 1 aromatic heterocycles. The van der Waals surface area contributed by atoms with Crippen LogP contribution < -0.4 is 16.6 Å². The Labute approximate surface area is 114 Å². The van der Waals surface area contributed by atoms with Gasteiger partial charge in [-0.1, -0.05) is 26.2 Å². The first-order valence-corrected chi connectivity index (χ1v) is 6.98. The van der Waals surface area contributed by atoms with E-state index < -0.39 is 0 Å². The van der Waals surface area contributed by atoms with Crippen LogP contribution in [0.4, 0.5) is 5.82 Å². The summed E-state index contributed by atoms with van der Waals surface area (Å²) < 4.78 is 0. The van der Waals surface area contributed by atoms with E-state index in [9.17, 15) is 4.79 Å². The second kappa shape index (κ2) is 6.52. The van der Waals surface area contributed by atoms with Gasteiger partial charge in [0.15, 0.2) is 0 Å². The first-order valence-electron chi connectivity index (χ1n) is 6.98. The largest absolute Gasteiger partial charge is 0.349 e. The summed E-state index contributed by atoms with van der Waals surface area (Å²) in [6, 6.07) is 3.67. The van der Waals surface area contributed by atoms with Crippen molar-refractivity contribution in [1.29, 1.82) is 0 Å². The average molecular weight is 262 g/mol. The molecule has 1 aliphatic rings. The molecule has 4 N–H and O–H groups in total. The van der Waals surface area contributed by atoms with Crippen molar-refractivity contribution in [1.82, 2.24) is 10.3 Å². The highest BCUT2D eigenvalue weighted by molar-refractivity contribution is 5.95. The molecule has 1 aliphatic carbocycles. The van der Waals surface area contributed by atoms with Crippen LogP contribution >= 0.6 is 0 Å². The molecule has 5 heteroatoms. The zero-order chi connectivity index (χ0) is 13.7. The number of nitrogens with one attached hydrogen (secondary N) is 2. The number of carbonyl (C=O) groups excluding carboxylic acids is 1. The lowest BCUT2D eigenvalue weighted by Crippen LogP contribution is -2.41. The van der Waals surface area contributed by atoms with Gasteiger partial charge in [0.25, 0.3) is 5.91 Å². The molecule has 0 aromatic carbocycles. The van der Waals surface area contributed by atoms with E-state index in [2.05, 4.69) is 22.7 Å². The second-order valence-corrected chi connectivity index (χ2v) is 5.11. The van der Waals surface area contributed by atoms with Gasteiger partial charge in [-0.05, 0) is 30.9 Å². The number of carbonyl (C=O) groups is 1. The third kappa shape index (κ3) is 3.44. The number of hydrazine groups is 1. The van der Waals surface area contributed by atoms with Crippen LogP contribution in [-0.4, -0.2) is 16.9 Å². The monoisotopic (exact) mass is 262 g/mol. The summed E-state index contributed by atoms with van der Waals surface area (Å²) in [5.74, 6) is 6.37. The predicted molar refractivity (Wildman–Crippen MR) is 75.6 cm³/mol. The minimum absolute atomic E-state index is 0.0377. The molecule has 2 atom stereocenters. The molecule has 1 aromatic rings. The number of anilines is 1. The topological polar surface area (TPSA) is 80.0 Å². The quantitative estimate of drug-likeness (QED) is 0.573. The molecule has 2 unspecified atom stereocenters. The minimum Gasteiger partial charge on any atom is -0.349 e. The Morgan fingerprint density at radius 1 is 1.47 bits per heavy atom. The van der Waals surface area contributed by atoms with Gasteiger partial charge in [0, 0.05) is 17.8 Å². The van der Waals surface area contributed by atoms with E-state index in [0.717, 1.165) is 12.8 Å². The number of rotatable bonds is 4. The van der Waals surface area contributed by atoms with Crippen LogP contribution in [-0.2, 0) is 0 Å². The van der Waals surface area contributed by atoms with Crippen LogP contribution in [0.1, 0.15) is 49.4 Å². The molecule has 104 valence electrons. The minimum atomic E-state index is -0.0377. The summed E-state index contributed by atoms with van der Waals surface area (Å²) in [4.78, 5) is 16.2. The molecule has 0 bridgehead atoms. The summed E-state index contributed by atoms with van der Waals surface area (Å²) >= 11 is 0. The van der Waals surface area contributed by atoms with E-state index >= 15 is 0 Å². The maximum atomic E-state index is 12.2. The summed E-state index contributed by atoms with van der Waals surface area (Å²) in [6.07, 6.45) is 7.48. The van der Waals surface area contributed by atoms with Crippen molar-refractivity contribution in [3.8, 4) is 0 Å². The average Bonchev–Trinajstić information content (AvgIpc) is 2.47. The Morgan fingerprint density at radius 3 is 3.00 bits per heavy atom. The maximum Gasteiger partial charge on any atom is 0.251 e. The molecule has 0 radical (unpaired) electrons. The van der Waals surface area contributed by atoms with E-state index in [0.29, 0.717) is 23.3 Å². The Balaban J connectivity index is 2.02. The van der Waals surface area contributed by atoms with Crippen molar-refractivity contribution in [2.24, 2.45) is 11.8 Å². The number of nitrogen functional groups attached to an aromatic ring is 1. The van der Waals surface area contributed by atoms with Gasteiger partial charge in [-0.3, -0.25) is 4.79 Å². The summed E-state index contributed by atoms with van der Waals surface area (Å²) in [7, 11) is 0.